The molecule has 0 spiro atoms. The summed E-state index contributed by atoms with van der Waals surface area (Å²) in [5, 5.41) is 22.5. The summed E-state index contributed by atoms with van der Waals surface area (Å²) in [4.78, 5) is 40.8. The van der Waals surface area contributed by atoms with E-state index < -0.39 is 0 Å². The zero-order valence-electron chi connectivity index (χ0n) is 34.7. The Labute approximate surface area is 365 Å². The third-order valence-electron chi connectivity index (χ3n) is 11.7. The number of ether oxygens (including phenoxy) is 2. The molecule has 2 fully saturated rings. The first-order chi connectivity index (χ1) is 30.1. The van der Waals surface area contributed by atoms with Crippen LogP contribution in [-0.4, -0.2) is 46.4 Å². The van der Waals surface area contributed by atoms with Crippen molar-refractivity contribution in [1.82, 2.24) is 30.7 Å². The molecule has 3 aromatic carbocycles. The van der Waals surface area contributed by atoms with Crippen molar-refractivity contribution < 1.29 is 19.1 Å². The summed E-state index contributed by atoms with van der Waals surface area (Å²) < 4.78 is 14.4. The van der Waals surface area contributed by atoms with Gasteiger partial charge in [-0.1, -0.05) is 54.1 Å². The second-order valence-corrected chi connectivity index (χ2v) is 16.4. The van der Waals surface area contributed by atoms with E-state index >= 15 is 0 Å². The summed E-state index contributed by atoms with van der Waals surface area (Å²) in [6.45, 7) is 6.79. The minimum atomic E-state index is -0.0676. The fraction of sp³-hybridized carbons (Fsp3) is 0.286. The average molecular weight is 850 g/mol. The summed E-state index contributed by atoms with van der Waals surface area (Å²) in [6, 6.07) is 28.1. The largest absolute Gasteiger partial charge is 0.488 e. The predicted molar refractivity (Wildman–Crippen MR) is 239 cm³/mol. The van der Waals surface area contributed by atoms with Gasteiger partial charge in [0.05, 0.1) is 10.6 Å². The van der Waals surface area contributed by atoms with Crippen molar-refractivity contribution in [3.8, 4) is 39.8 Å². The highest BCUT2D eigenvalue weighted by Crippen LogP contribution is 2.37. The lowest BCUT2D eigenvalue weighted by Crippen LogP contribution is -2.36. The molecule has 0 radical (unpaired) electrons. The number of halogens is 1. The molecule has 2 aliphatic heterocycles. The lowest BCUT2D eigenvalue weighted by Gasteiger charge is -2.19. The molecular formula is C49H48ClN7O5. The Kier molecular flexibility index (Phi) is 12.9. The van der Waals surface area contributed by atoms with Crippen molar-refractivity contribution in [1.29, 1.82) is 5.26 Å². The molecule has 4 N–H and O–H groups in total. The number of fused-ring (bicyclic) bond motifs is 1. The molecule has 1 unspecified atom stereocenters. The average Bonchev–Trinajstić information content (AvgIpc) is 3.90. The number of hydrogen-bond donors (Lipinski definition) is 4. The van der Waals surface area contributed by atoms with E-state index in [1.54, 1.807) is 22.7 Å². The van der Waals surface area contributed by atoms with Crippen molar-refractivity contribution in [3.05, 3.63) is 152 Å². The Balaban J connectivity index is 0.985. The number of hydrogen-bond acceptors (Lipinski definition) is 9. The summed E-state index contributed by atoms with van der Waals surface area (Å²) in [5.74, 6) is 1.19. The zero-order valence-corrected chi connectivity index (χ0v) is 35.5. The van der Waals surface area contributed by atoms with Crippen molar-refractivity contribution in [2.45, 2.75) is 77.9 Å². The second-order valence-electron chi connectivity index (χ2n) is 16.0. The van der Waals surface area contributed by atoms with E-state index in [9.17, 15) is 19.6 Å². The monoisotopic (exact) mass is 849 g/mol. The maximum absolute atomic E-state index is 13.4. The van der Waals surface area contributed by atoms with E-state index in [1.807, 2.05) is 42.6 Å². The third-order valence-corrected chi connectivity index (χ3v) is 12.0. The minimum Gasteiger partial charge on any atom is -0.488 e. The first-order valence-electron chi connectivity index (χ1n) is 20.9. The molecule has 316 valence electrons. The number of aromatic nitrogens is 2. The highest BCUT2D eigenvalue weighted by Gasteiger charge is 2.22. The Morgan fingerprint density at radius 1 is 0.758 bits per heavy atom. The highest BCUT2D eigenvalue weighted by atomic mass is 35.5. The molecule has 6 aromatic rings. The second kappa shape index (κ2) is 19.0. The normalized spacial score (nSPS) is 16.0. The summed E-state index contributed by atoms with van der Waals surface area (Å²) in [5.41, 5.74) is 10.9. The standard InChI is InChI=1S/C49H48ClN7O5/c1-30-36(29-62-46-20-45(61-28-33-17-32(21-51)22-52-23-33)37(19-44(46)50)25-54-27-39-11-14-48(59)56-39)5-3-7-42(30)43-8-4-6-41(31(43)2)34-15-16-57-40(18-34)12-9-35(49(57)60)24-53-26-38-10-13-47(58)55-38/h3-9,12,15-20,22-23,38-39,53-54H,10-11,13-14,24-29H2,1-2H3,(H,55,58)(H,56,59)/t38?,39-/m0/s1. The van der Waals surface area contributed by atoms with Crippen molar-refractivity contribution in [3.63, 3.8) is 0 Å². The first-order valence-corrected chi connectivity index (χ1v) is 21.3. The van der Waals surface area contributed by atoms with Crippen LogP contribution in [0.2, 0.25) is 5.02 Å². The minimum absolute atomic E-state index is 0.0672. The van der Waals surface area contributed by atoms with E-state index in [0.717, 1.165) is 68.4 Å². The molecule has 0 bridgehead atoms. The van der Waals surface area contributed by atoms with Crippen LogP contribution in [0.15, 0.2) is 102 Å². The van der Waals surface area contributed by atoms with Crippen LogP contribution in [-0.2, 0) is 35.9 Å². The van der Waals surface area contributed by atoms with Crippen LogP contribution in [0.1, 0.15) is 64.6 Å². The number of rotatable bonds is 16. The topological polar surface area (TPSA) is 159 Å². The fourth-order valence-corrected chi connectivity index (χ4v) is 8.48. The molecule has 0 aliphatic carbocycles. The van der Waals surface area contributed by atoms with Gasteiger partial charge in [-0.3, -0.25) is 23.8 Å². The maximum atomic E-state index is 13.4. The number of carbonyl (C=O) groups excluding carboxylic acids is 2. The molecule has 5 heterocycles. The van der Waals surface area contributed by atoms with Gasteiger partial charge in [0.2, 0.25) is 11.8 Å². The molecule has 2 saturated heterocycles. The van der Waals surface area contributed by atoms with Gasteiger partial charge in [0, 0.05) is 98.0 Å². The van der Waals surface area contributed by atoms with E-state index in [4.69, 9.17) is 21.1 Å². The van der Waals surface area contributed by atoms with Crippen molar-refractivity contribution in [2.24, 2.45) is 0 Å². The highest BCUT2D eigenvalue weighted by molar-refractivity contribution is 6.32. The van der Waals surface area contributed by atoms with Crippen LogP contribution in [0.5, 0.6) is 11.5 Å². The maximum Gasteiger partial charge on any atom is 0.259 e. The van der Waals surface area contributed by atoms with Crippen LogP contribution in [0.4, 0.5) is 0 Å². The number of nitrogens with one attached hydrogen (secondary N) is 4. The molecule has 2 amide bonds. The van der Waals surface area contributed by atoms with E-state index in [1.165, 1.54) is 6.20 Å². The predicted octanol–water partition coefficient (Wildman–Crippen LogP) is 7.06. The molecule has 0 saturated carbocycles. The number of carbonyl (C=O) groups is 2. The lowest BCUT2D eigenvalue weighted by molar-refractivity contribution is -0.120. The fourth-order valence-electron chi connectivity index (χ4n) is 8.24. The first kappa shape index (κ1) is 42.2. The number of amides is 2. The Bertz CT molecular complexity index is 2760. The van der Waals surface area contributed by atoms with Crippen LogP contribution in [0.25, 0.3) is 27.8 Å². The van der Waals surface area contributed by atoms with Crippen molar-refractivity contribution >= 4 is 28.9 Å². The third kappa shape index (κ3) is 9.66. The molecule has 13 heteroatoms. The number of pyridine rings is 3. The molecule has 12 nitrogen and oxygen atoms in total. The molecule has 62 heavy (non-hydrogen) atoms. The number of nitriles is 1. The van der Waals surface area contributed by atoms with E-state index in [-0.39, 0.29) is 42.7 Å². The molecule has 8 rings (SSSR count). The molecular weight excluding hydrogens is 802 g/mol. The molecule has 2 atom stereocenters. The quantitative estimate of drug-likeness (QED) is 0.0800. The zero-order chi connectivity index (χ0) is 43.2. The van der Waals surface area contributed by atoms with Gasteiger partial charge < -0.3 is 30.7 Å². The Morgan fingerprint density at radius 2 is 1.44 bits per heavy atom. The van der Waals surface area contributed by atoms with E-state index in [2.05, 4.69) is 76.5 Å². The smallest absolute Gasteiger partial charge is 0.259 e. The van der Waals surface area contributed by atoms with Crippen LogP contribution < -0.4 is 36.3 Å². The summed E-state index contributed by atoms with van der Waals surface area (Å²) in [7, 11) is 0. The SMILES string of the molecule is Cc1c(COc2cc(OCc3cncc(C#N)c3)c(CNC[C@@H]3CCC(=O)N3)cc2Cl)cccc1-c1cccc(-c2ccn3c(=O)c(CNCC4CCC(=O)N4)ccc3c2)c1C. The van der Waals surface area contributed by atoms with Gasteiger partial charge >= 0.3 is 0 Å². The van der Waals surface area contributed by atoms with Gasteiger partial charge in [-0.25, -0.2) is 0 Å². The number of nitrogens with zero attached hydrogens (tertiary/aromatic N) is 3. The van der Waals surface area contributed by atoms with Gasteiger partial charge in [0.1, 0.15) is 30.8 Å². The Hall–Kier alpha value is -6.52. The van der Waals surface area contributed by atoms with Gasteiger partial charge in [0.15, 0.2) is 0 Å². The molecule has 3 aromatic heterocycles. The van der Waals surface area contributed by atoms with Crippen LogP contribution >= 0.6 is 11.6 Å². The summed E-state index contributed by atoms with van der Waals surface area (Å²) in [6.07, 6.45) is 7.70. The van der Waals surface area contributed by atoms with Gasteiger partial charge in [-0.15, -0.1) is 0 Å². The van der Waals surface area contributed by atoms with Crippen LogP contribution in [0, 0.1) is 25.2 Å². The summed E-state index contributed by atoms with van der Waals surface area (Å²) >= 11 is 6.87. The lowest BCUT2D eigenvalue weighted by atomic mass is 9.89. The van der Waals surface area contributed by atoms with Crippen LogP contribution in [0.3, 0.4) is 0 Å². The molecule has 2 aliphatic rings. The Morgan fingerprint density at radius 3 is 2.15 bits per heavy atom. The van der Waals surface area contributed by atoms with Gasteiger partial charge in [-0.2, -0.15) is 5.26 Å². The number of benzene rings is 3. The van der Waals surface area contributed by atoms with E-state index in [0.29, 0.717) is 66.7 Å². The van der Waals surface area contributed by atoms with Crippen molar-refractivity contribution in [2.75, 3.05) is 13.1 Å². The van der Waals surface area contributed by atoms with Gasteiger partial charge in [0.25, 0.3) is 5.56 Å². The van der Waals surface area contributed by atoms with Gasteiger partial charge in [-0.05, 0) is 96.0 Å².